The third-order valence-corrected chi connectivity index (χ3v) is 4.39. The number of ether oxygens (including phenoxy) is 1. The number of aromatic nitrogens is 2. The van der Waals surface area contributed by atoms with Crippen molar-refractivity contribution in [3.63, 3.8) is 0 Å². The zero-order chi connectivity index (χ0) is 16.6. The van der Waals surface area contributed by atoms with E-state index in [9.17, 15) is 4.79 Å². The van der Waals surface area contributed by atoms with Gasteiger partial charge in [-0.3, -0.25) is 9.89 Å². The predicted octanol–water partition coefficient (Wildman–Crippen LogP) is 3.71. The summed E-state index contributed by atoms with van der Waals surface area (Å²) < 4.78 is 5.80. The molecule has 0 bridgehead atoms. The molecule has 3 rings (SSSR count). The van der Waals surface area contributed by atoms with Gasteiger partial charge in [0.1, 0.15) is 11.6 Å². The quantitative estimate of drug-likeness (QED) is 0.904. The van der Waals surface area contributed by atoms with Crippen molar-refractivity contribution in [1.82, 2.24) is 10.2 Å². The maximum Gasteiger partial charge on any atom is 0.226 e. The highest BCUT2D eigenvalue weighted by molar-refractivity contribution is 5.94. The first-order valence-corrected chi connectivity index (χ1v) is 8.11. The molecule has 23 heavy (non-hydrogen) atoms. The monoisotopic (exact) mass is 313 g/mol. The second-order valence-electron chi connectivity index (χ2n) is 6.34. The molecule has 1 amide bonds. The molecule has 1 aromatic carbocycles. The Hall–Kier alpha value is -2.30. The highest BCUT2D eigenvalue weighted by Gasteiger charge is 2.30. The SMILES string of the molecule is CCOc1cc(C)c(C2CC(=O)Nc3[nH]ncc32)cc1C(C)C. The highest BCUT2D eigenvalue weighted by atomic mass is 16.5. The van der Waals surface area contributed by atoms with Crippen molar-refractivity contribution >= 4 is 11.7 Å². The van der Waals surface area contributed by atoms with Crippen LogP contribution in [0, 0.1) is 6.92 Å². The number of nitrogens with one attached hydrogen (secondary N) is 2. The number of hydrogen-bond donors (Lipinski definition) is 2. The Morgan fingerprint density at radius 2 is 2.13 bits per heavy atom. The molecule has 0 saturated heterocycles. The van der Waals surface area contributed by atoms with Crippen molar-refractivity contribution in [3.05, 3.63) is 40.6 Å². The molecule has 2 heterocycles. The van der Waals surface area contributed by atoms with E-state index < -0.39 is 0 Å². The van der Waals surface area contributed by atoms with Crippen LogP contribution < -0.4 is 10.1 Å². The molecule has 0 aliphatic carbocycles. The number of aryl methyl sites for hydroxylation is 1. The standard InChI is InChI=1S/C18H23N3O2/c1-5-23-16-6-11(4)13(7-12(16)10(2)3)14-8-17(22)20-18-15(14)9-19-21-18/h6-7,9-10,14H,5,8H2,1-4H3,(H2,19,20,21,22). The summed E-state index contributed by atoms with van der Waals surface area (Å²) in [5.74, 6) is 2.07. The second kappa shape index (κ2) is 6.07. The minimum absolute atomic E-state index is 0.0196. The molecule has 1 aliphatic rings. The van der Waals surface area contributed by atoms with Crippen molar-refractivity contribution < 1.29 is 9.53 Å². The number of amides is 1. The van der Waals surface area contributed by atoms with Crippen LogP contribution in [0.15, 0.2) is 18.3 Å². The first-order valence-electron chi connectivity index (χ1n) is 8.11. The van der Waals surface area contributed by atoms with E-state index in [1.54, 1.807) is 0 Å². The first kappa shape index (κ1) is 15.6. The van der Waals surface area contributed by atoms with Crippen LogP contribution in [0.5, 0.6) is 5.75 Å². The van der Waals surface area contributed by atoms with Gasteiger partial charge in [0.2, 0.25) is 5.91 Å². The van der Waals surface area contributed by atoms with Gasteiger partial charge in [-0.1, -0.05) is 19.9 Å². The van der Waals surface area contributed by atoms with Gasteiger partial charge in [0, 0.05) is 17.9 Å². The molecule has 0 spiro atoms. The van der Waals surface area contributed by atoms with Crippen molar-refractivity contribution in [1.29, 1.82) is 0 Å². The van der Waals surface area contributed by atoms with E-state index in [-0.39, 0.29) is 11.8 Å². The van der Waals surface area contributed by atoms with Crippen LogP contribution in [0.2, 0.25) is 0 Å². The summed E-state index contributed by atoms with van der Waals surface area (Å²) in [6.07, 6.45) is 2.25. The minimum Gasteiger partial charge on any atom is -0.494 e. The smallest absolute Gasteiger partial charge is 0.226 e. The molecule has 122 valence electrons. The Bertz CT molecular complexity index is 734. The van der Waals surface area contributed by atoms with E-state index in [0.717, 1.165) is 16.9 Å². The summed E-state index contributed by atoms with van der Waals surface area (Å²) >= 11 is 0. The average Bonchev–Trinajstić information content (AvgIpc) is 2.94. The maximum absolute atomic E-state index is 12.0. The number of aromatic amines is 1. The van der Waals surface area contributed by atoms with Crippen LogP contribution in [0.3, 0.4) is 0 Å². The fourth-order valence-corrected chi connectivity index (χ4v) is 3.25. The summed E-state index contributed by atoms with van der Waals surface area (Å²) in [6.45, 7) is 9.04. The molecule has 2 N–H and O–H groups in total. The van der Waals surface area contributed by atoms with E-state index >= 15 is 0 Å². The number of rotatable bonds is 4. The van der Waals surface area contributed by atoms with Gasteiger partial charge in [0.05, 0.1) is 12.8 Å². The summed E-state index contributed by atoms with van der Waals surface area (Å²) in [6, 6.07) is 4.30. The third-order valence-electron chi connectivity index (χ3n) is 4.39. The van der Waals surface area contributed by atoms with Crippen molar-refractivity contribution in [2.45, 2.75) is 46.0 Å². The Balaban J connectivity index is 2.10. The highest BCUT2D eigenvalue weighted by Crippen LogP contribution is 2.40. The molecular formula is C18H23N3O2. The minimum atomic E-state index is 0.0196. The van der Waals surface area contributed by atoms with Gasteiger partial charge in [-0.05, 0) is 42.5 Å². The largest absolute Gasteiger partial charge is 0.494 e. The fraction of sp³-hybridized carbons (Fsp3) is 0.444. The zero-order valence-electron chi connectivity index (χ0n) is 14.1. The Labute approximate surface area is 136 Å². The topological polar surface area (TPSA) is 67.0 Å². The number of benzene rings is 1. The molecule has 1 aliphatic heterocycles. The van der Waals surface area contributed by atoms with E-state index in [1.165, 1.54) is 11.1 Å². The van der Waals surface area contributed by atoms with Gasteiger partial charge in [-0.2, -0.15) is 5.10 Å². The first-order chi connectivity index (χ1) is 11.0. The summed E-state index contributed by atoms with van der Waals surface area (Å²) in [7, 11) is 0. The fourth-order valence-electron chi connectivity index (χ4n) is 3.25. The predicted molar refractivity (Wildman–Crippen MR) is 90.1 cm³/mol. The van der Waals surface area contributed by atoms with Crippen LogP contribution in [0.25, 0.3) is 0 Å². The molecule has 1 atom stereocenters. The van der Waals surface area contributed by atoms with Crippen LogP contribution in [-0.4, -0.2) is 22.7 Å². The third kappa shape index (κ3) is 2.83. The number of anilines is 1. The van der Waals surface area contributed by atoms with Crippen molar-refractivity contribution in [3.8, 4) is 5.75 Å². The lowest BCUT2D eigenvalue weighted by Crippen LogP contribution is -2.23. The number of hydrogen-bond acceptors (Lipinski definition) is 3. The number of H-pyrrole nitrogens is 1. The van der Waals surface area contributed by atoms with Crippen LogP contribution >= 0.6 is 0 Å². The molecule has 0 saturated carbocycles. The maximum atomic E-state index is 12.0. The molecule has 2 aromatic rings. The van der Waals surface area contributed by atoms with Gasteiger partial charge in [0.15, 0.2) is 0 Å². The molecule has 5 nitrogen and oxygen atoms in total. The second-order valence-corrected chi connectivity index (χ2v) is 6.34. The van der Waals surface area contributed by atoms with E-state index in [1.807, 2.05) is 13.1 Å². The van der Waals surface area contributed by atoms with Gasteiger partial charge in [0.25, 0.3) is 0 Å². The Morgan fingerprint density at radius 1 is 1.35 bits per heavy atom. The zero-order valence-corrected chi connectivity index (χ0v) is 14.1. The lowest BCUT2D eigenvalue weighted by molar-refractivity contribution is -0.116. The molecule has 1 unspecified atom stereocenters. The van der Waals surface area contributed by atoms with Crippen LogP contribution in [0.1, 0.15) is 61.3 Å². The van der Waals surface area contributed by atoms with Crippen LogP contribution in [-0.2, 0) is 4.79 Å². The van der Waals surface area contributed by atoms with Crippen LogP contribution in [0.4, 0.5) is 5.82 Å². The average molecular weight is 313 g/mol. The number of nitrogens with zero attached hydrogens (tertiary/aromatic N) is 1. The molecular weight excluding hydrogens is 290 g/mol. The Morgan fingerprint density at radius 3 is 2.83 bits per heavy atom. The molecule has 1 aromatic heterocycles. The van der Waals surface area contributed by atoms with E-state index in [0.29, 0.717) is 24.8 Å². The van der Waals surface area contributed by atoms with E-state index in [2.05, 4.69) is 48.4 Å². The molecule has 0 radical (unpaired) electrons. The number of carbonyl (C=O) groups is 1. The summed E-state index contributed by atoms with van der Waals surface area (Å²) in [4.78, 5) is 12.0. The molecule has 5 heteroatoms. The molecule has 0 fully saturated rings. The summed E-state index contributed by atoms with van der Waals surface area (Å²) in [5, 5.41) is 9.80. The van der Waals surface area contributed by atoms with Gasteiger partial charge in [-0.25, -0.2) is 0 Å². The van der Waals surface area contributed by atoms with Gasteiger partial charge < -0.3 is 10.1 Å². The normalized spacial score (nSPS) is 17.1. The number of fused-ring (bicyclic) bond motifs is 1. The van der Waals surface area contributed by atoms with Crippen molar-refractivity contribution in [2.75, 3.05) is 11.9 Å². The number of carbonyl (C=O) groups excluding carboxylic acids is 1. The van der Waals surface area contributed by atoms with Crippen molar-refractivity contribution in [2.24, 2.45) is 0 Å². The van der Waals surface area contributed by atoms with E-state index in [4.69, 9.17) is 4.74 Å². The van der Waals surface area contributed by atoms with Gasteiger partial charge in [-0.15, -0.1) is 0 Å². The lowest BCUT2D eigenvalue weighted by Gasteiger charge is -2.26. The summed E-state index contributed by atoms with van der Waals surface area (Å²) in [5.41, 5.74) is 4.55. The van der Waals surface area contributed by atoms with Gasteiger partial charge >= 0.3 is 0 Å². The lowest BCUT2D eigenvalue weighted by atomic mass is 9.83. The Kier molecular flexibility index (Phi) is 4.11.